The molecule has 31 heavy (non-hydrogen) atoms. The van der Waals surface area contributed by atoms with Crippen LogP contribution in [0.15, 0.2) is 72.4 Å². The number of aryl methyl sites for hydroxylation is 1. The van der Waals surface area contributed by atoms with Crippen molar-refractivity contribution in [3.05, 3.63) is 95.2 Å². The number of carbonyl (C=O) groups excluding carboxylic acids is 2. The van der Waals surface area contributed by atoms with Gasteiger partial charge in [-0.2, -0.15) is 0 Å². The van der Waals surface area contributed by atoms with Crippen LogP contribution in [0.3, 0.4) is 0 Å². The van der Waals surface area contributed by atoms with Crippen LogP contribution in [-0.4, -0.2) is 18.9 Å². The number of hydrogen-bond donors (Lipinski definition) is 1. The summed E-state index contributed by atoms with van der Waals surface area (Å²) in [5, 5.41) is 2.82. The zero-order valence-electron chi connectivity index (χ0n) is 16.8. The second kappa shape index (κ2) is 8.02. The third-order valence-electron chi connectivity index (χ3n) is 5.01. The van der Waals surface area contributed by atoms with Crippen LogP contribution in [0.1, 0.15) is 11.1 Å². The van der Waals surface area contributed by atoms with E-state index in [4.69, 9.17) is 4.74 Å². The van der Waals surface area contributed by atoms with Crippen LogP contribution in [0.5, 0.6) is 5.75 Å². The summed E-state index contributed by atoms with van der Waals surface area (Å²) in [7, 11) is 1.52. The van der Waals surface area contributed by atoms with E-state index >= 15 is 0 Å². The van der Waals surface area contributed by atoms with Gasteiger partial charge >= 0.3 is 0 Å². The summed E-state index contributed by atoms with van der Waals surface area (Å²) in [5.74, 6) is -2.59. The molecule has 0 spiro atoms. The fraction of sp³-hybridized carbons (Fsp3) is 0.0833. The average Bonchev–Trinajstić information content (AvgIpc) is 3.01. The maximum atomic E-state index is 13.7. The Labute approximate surface area is 177 Å². The van der Waals surface area contributed by atoms with E-state index in [0.717, 1.165) is 22.6 Å². The number of carbonyl (C=O) groups is 2. The molecule has 0 radical (unpaired) electrons. The Bertz CT molecular complexity index is 1220. The molecule has 3 aromatic rings. The van der Waals surface area contributed by atoms with Gasteiger partial charge in [0.05, 0.1) is 18.4 Å². The summed E-state index contributed by atoms with van der Waals surface area (Å²) >= 11 is 0. The molecule has 7 heteroatoms. The number of imide groups is 1. The number of methoxy groups -OCH3 is 1. The van der Waals surface area contributed by atoms with Gasteiger partial charge in [-0.1, -0.05) is 30.3 Å². The lowest BCUT2D eigenvalue weighted by Crippen LogP contribution is -2.33. The Morgan fingerprint density at radius 2 is 1.58 bits per heavy atom. The van der Waals surface area contributed by atoms with Crippen molar-refractivity contribution in [3.8, 4) is 5.75 Å². The van der Waals surface area contributed by atoms with Gasteiger partial charge in [0.25, 0.3) is 11.8 Å². The highest BCUT2D eigenvalue weighted by Crippen LogP contribution is 2.35. The summed E-state index contributed by atoms with van der Waals surface area (Å²) in [6.45, 7) is 1.80. The molecule has 2 amide bonds. The minimum absolute atomic E-state index is 0.0237. The van der Waals surface area contributed by atoms with Crippen LogP contribution in [0, 0.1) is 18.6 Å². The van der Waals surface area contributed by atoms with Crippen LogP contribution in [-0.2, 0) is 9.59 Å². The van der Waals surface area contributed by atoms with Crippen molar-refractivity contribution in [2.24, 2.45) is 0 Å². The molecule has 4 rings (SSSR count). The van der Waals surface area contributed by atoms with E-state index in [0.29, 0.717) is 17.0 Å². The Morgan fingerprint density at radius 1 is 0.871 bits per heavy atom. The lowest BCUT2D eigenvalue weighted by molar-refractivity contribution is -0.120. The van der Waals surface area contributed by atoms with Crippen molar-refractivity contribution < 1.29 is 23.1 Å². The van der Waals surface area contributed by atoms with Crippen molar-refractivity contribution in [1.29, 1.82) is 0 Å². The highest BCUT2D eigenvalue weighted by atomic mass is 19.2. The van der Waals surface area contributed by atoms with Gasteiger partial charge in [-0.15, -0.1) is 0 Å². The fourth-order valence-corrected chi connectivity index (χ4v) is 3.42. The second-order valence-electron chi connectivity index (χ2n) is 6.96. The molecule has 1 N–H and O–H groups in total. The van der Waals surface area contributed by atoms with E-state index < -0.39 is 23.4 Å². The Hall–Kier alpha value is -4.00. The van der Waals surface area contributed by atoms with Crippen LogP contribution < -0.4 is 15.0 Å². The minimum Gasteiger partial charge on any atom is -0.497 e. The number of halogens is 2. The van der Waals surface area contributed by atoms with Crippen molar-refractivity contribution in [3.63, 3.8) is 0 Å². The van der Waals surface area contributed by atoms with E-state index in [9.17, 15) is 18.4 Å². The lowest BCUT2D eigenvalue weighted by Gasteiger charge is -2.17. The van der Waals surface area contributed by atoms with Gasteiger partial charge in [0.1, 0.15) is 11.4 Å². The standard InChI is InChI=1S/C24H18F2N2O3/c1-14-5-3-4-6-20(14)28-23(29)21(15-7-10-17(31-2)11-8-15)22(24(28)30)27-16-9-12-18(25)19(26)13-16/h3-13,27H,1-2H3. The molecule has 0 aromatic heterocycles. The molecule has 0 unspecified atom stereocenters. The molecule has 0 saturated carbocycles. The number of ether oxygens (including phenoxy) is 1. The molecule has 0 fully saturated rings. The molecule has 1 aliphatic rings. The first-order chi connectivity index (χ1) is 14.9. The first kappa shape index (κ1) is 20.3. The van der Waals surface area contributed by atoms with Crippen LogP contribution in [0.4, 0.5) is 20.2 Å². The molecule has 0 aliphatic carbocycles. The zero-order chi connectivity index (χ0) is 22.1. The number of nitrogens with zero attached hydrogens (tertiary/aromatic N) is 1. The van der Waals surface area contributed by atoms with Crippen molar-refractivity contribution >= 4 is 28.8 Å². The molecule has 0 saturated heterocycles. The molecule has 0 bridgehead atoms. The maximum absolute atomic E-state index is 13.7. The quantitative estimate of drug-likeness (QED) is 0.609. The Morgan fingerprint density at radius 3 is 2.23 bits per heavy atom. The van der Waals surface area contributed by atoms with E-state index in [-0.39, 0.29) is 17.0 Å². The first-order valence-corrected chi connectivity index (χ1v) is 9.46. The number of rotatable bonds is 5. The number of anilines is 2. The van der Waals surface area contributed by atoms with Crippen molar-refractivity contribution in [2.75, 3.05) is 17.3 Å². The Balaban J connectivity index is 1.83. The minimum atomic E-state index is -1.07. The highest BCUT2D eigenvalue weighted by molar-refractivity contribution is 6.46. The third-order valence-corrected chi connectivity index (χ3v) is 5.01. The summed E-state index contributed by atoms with van der Waals surface area (Å²) in [6.07, 6.45) is 0. The molecule has 156 valence electrons. The monoisotopic (exact) mass is 420 g/mol. The number of hydrogen-bond acceptors (Lipinski definition) is 4. The number of amides is 2. The smallest absolute Gasteiger partial charge is 0.282 e. The predicted octanol–water partition coefficient (Wildman–Crippen LogP) is 4.68. The maximum Gasteiger partial charge on any atom is 0.282 e. The van der Waals surface area contributed by atoms with Gasteiger partial charge in [-0.3, -0.25) is 9.59 Å². The molecule has 0 atom stereocenters. The van der Waals surface area contributed by atoms with Gasteiger partial charge < -0.3 is 10.1 Å². The summed E-state index contributed by atoms with van der Waals surface area (Å²) in [5.41, 5.74) is 1.93. The lowest BCUT2D eigenvalue weighted by atomic mass is 10.0. The molecular weight excluding hydrogens is 402 g/mol. The first-order valence-electron chi connectivity index (χ1n) is 9.46. The predicted molar refractivity (Wildman–Crippen MR) is 114 cm³/mol. The van der Waals surface area contributed by atoms with Crippen molar-refractivity contribution in [1.82, 2.24) is 0 Å². The molecule has 1 heterocycles. The average molecular weight is 420 g/mol. The summed E-state index contributed by atoms with van der Waals surface area (Å²) in [6, 6.07) is 16.9. The van der Waals surface area contributed by atoms with E-state index in [1.807, 2.05) is 6.07 Å². The van der Waals surface area contributed by atoms with E-state index in [1.165, 1.54) is 13.2 Å². The van der Waals surface area contributed by atoms with Crippen LogP contribution in [0.25, 0.3) is 5.57 Å². The molecule has 5 nitrogen and oxygen atoms in total. The summed E-state index contributed by atoms with van der Waals surface area (Å²) < 4.78 is 32.2. The number of benzene rings is 3. The van der Waals surface area contributed by atoms with Gasteiger partial charge in [0.15, 0.2) is 11.6 Å². The van der Waals surface area contributed by atoms with E-state index in [1.54, 1.807) is 49.4 Å². The number of para-hydroxylation sites is 1. The van der Waals surface area contributed by atoms with Gasteiger partial charge in [0, 0.05) is 11.8 Å². The highest BCUT2D eigenvalue weighted by Gasteiger charge is 2.40. The van der Waals surface area contributed by atoms with Crippen molar-refractivity contribution in [2.45, 2.75) is 6.92 Å². The zero-order valence-corrected chi connectivity index (χ0v) is 16.8. The molecular formula is C24H18F2N2O3. The van der Waals surface area contributed by atoms with Gasteiger partial charge in [-0.25, -0.2) is 13.7 Å². The Kier molecular flexibility index (Phi) is 5.25. The molecule has 3 aromatic carbocycles. The third kappa shape index (κ3) is 3.66. The topological polar surface area (TPSA) is 58.6 Å². The van der Waals surface area contributed by atoms with E-state index in [2.05, 4.69) is 5.32 Å². The van der Waals surface area contributed by atoms with Crippen LogP contribution in [0.2, 0.25) is 0 Å². The molecule has 1 aliphatic heterocycles. The normalized spacial score (nSPS) is 13.7. The summed E-state index contributed by atoms with van der Waals surface area (Å²) in [4.78, 5) is 27.8. The SMILES string of the molecule is COc1ccc(C2=C(Nc3ccc(F)c(F)c3)C(=O)N(c3ccccc3C)C2=O)cc1. The van der Waals surface area contributed by atoms with Crippen LogP contribution >= 0.6 is 0 Å². The van der Waals surface area contributed by atoms with Gasteiger partial charge in [0.2, 0.25) is 0 Å². The fourth-order valence-electron chi connectivity index (χ4n) is 3.42. The number of nitrogens with one attached hydrogen (secondary N) is 1. The van der Waals surface area contributed by atoms with Gasteiger partial charge in [-0.05, 0) is 48.4 Å². The largest absolute Gasteiger partial charge is 0.497 e. The second-order valence-corrected chi connectivity index (χ2v) is 6.96.